The van der Waals surface area contributed by atoms with Crippen molar-refractivity contribution >= 4 is 64.6 Å². The molecule has 0 heterocycles. The lowest BCUT2D eigenvalue weighted by Gasteiger charge is -2.04. The number of hydrogen-bond acceptors (Lipinski definition) is 0. The molecule has 0 bridgehead atoms. The molecule has 42 heavy (non-hydrogen) atoms. The van der Waals surface area contributed by atoms with Gasteiger partial charge in [-0.25, -0.2) is 0 Å². The van der Waals surface area contributed by atoms with E-state index in [1.54, 1.807) is 0 Å². The molecule has 9 aromatic rings. The van der Waals surface area contributed by atoms with E-state index in [4.69, 9.17) is 0 Å². The van der Waals surface area contributed by atoms with Gasteiger partial charge in [0.2, 0.25) is 0 Å². The van der Waals surface area contributed by atoms with Crippen LogP contribution in [0.4, 0.5) is 0 Å². The van der Waals surface area contributed by atoms with Crippen molar-refractivity contribution in [2.45, 2.75) is 0 Å². The van der Waals surface area contributed by atoms with Crippen LogP contribution in [0.3, 0.4) is 0 Å². The van der Waals surface area contributed by atoms with E-state index in [0.717, 1.165) is 0 Å². The monoisotopic (exact) mass is 534 g/mol. The van der Waals surface area contributed by atoms with Gasteiger partial charge < -0.3 is 0 Å². The minimum Gasteiger partial charge on any atom is -0.0616 e. The van der Waals surface area contributed by atoms with E-state index in [1.165, 1.54) is 64.6 Å². The lowest BCUT2D eigenvalue weighted by atomic mass is 10.00. The van der Waals surface area contributed by atoms with E-state index in [0.29, 0.717) is 0 Å². The fraction of sp³-hybridized carbons (Fsp3) is 0. The van der Waals surface area contributed by atoms with Crippen molar-refractivity contribution in [2.75, 3.05) is 0 Å². The van der Waals surface area contributed by atoms with Crippen molar-refractivity contribution < 1.29 is 0 Å². The van der Waals surface area contributed by atoms with E-state index in [1.807, 2.05) is 0 Å². The molecule has 0 radical (unpaired) electrons. The number of rotatable bonds is 0. The maximum absolute atomic E-state index is 2.27. The molecule has 0 aromatic heterocycles. The van der Waals surface area contributed by atoms with Crippen molar-refractivity contribution in [1.29, 1.82) is 0 Å². The summed E-state index contributed by atoms with van der Waals surface area (Å²) in [5.74, 6) is 0. The standard InChI is InChI=1S/C18H12.C14H10.C10H8/c1-2-6-14-10-18-12-16-8-4-3-7-15(16)11-17(18)9-13(14)5-1;1-2-6-12-10-14-8-4-3-7-13(14)9-11(12)5-1;1-2-6-10-8-4-3-7-9(10)5-1/h1-12H;1-10H;1-8H. The highest BCUT2D eigenvalue weighted by Gasteiger charge is 2.00. The van der Waals surface area contributed by atoms with Gasteiger partial charge in [0.15, 0.2) is 0 Å². The fourth-order valence-corrected chi connectivity index (χ4v) is 5.65. The molecule has 0 fully saturated rings. The summed E-state index contributed by atoms with van der Waals surface area (Å²) in [6.45, 7) is 0. The molecule has 0 unspecified atom stereocenters. The predicted molar refractivity (Wildman–Crippen MR) is 184 cm³/mol. The van der Waals surface area contributed by atoms with Crippen molar-refractivity contribution in [1.82, 2.24) is 0 Å². The summed E-state index contributed by atoms with van der Waals surface area (Å²) in [6.07, 6.45) is 0. The maximum atomic E-state index is 2.27. The smallest absolute Gasteiger partial charge is 0.0171 e. The Balaban J connectivity index is 0.000000107. The second-order valence-electron chi connectivity index (χ2n) is 10.6. The van der Waals surface area contributed by atoms with Gasteiger partial charge in [-0.3, -0.25) is 0 Å². The second-order valence-corrected chi connectivity index (χ2v) is 10.6. The Hall–Kier alpha value is -5.46. The molecule has 9 aromatic carbocycles. The van der Waals surface area contributed by atoms with E-state index in [9.17, 15) is 0 Å². The van der Waals surface area contributed by atoms with Gasteiger partial charge in [0.25, 0.3) is 0 Å². The first-order valence-corrected chi connectivity index (χ1v) is 14.4. The normalized spacial score (nSPS) is 10.9. The average molecular weight is 535 g/mol. The van der Waals surface area contributed by atoms with Crippen LogP contribution in [0.5, 0.6) is 0 Å². The molecule has 9 rings (SSSR count). The Morgan fingerprint density at radius 3 is 0.476 bits per heavy atom. The predicted octanol–water partition coefficient (Wildman–Crippen LogP) is 12.0. The van der Waals surface area contributed by atoms with E-state index < -0.39 is 0 Å². The fourth-order valence-electron chi connectivity index (χ4n) is 5.65. The molecule has 0 heteroatoms. The SMILES string of the molecule is c1ccc2cc3cc4ccccc4cc3cc2c1.c1ccc2cc3ccccc3cc2c1.c1ccc2ccccc2c1. The van der Waals surface area contributed by atoms with E-state index in [2.05, 4.69) is 182 Å². The first-order chi connectivity index (χ1) is 20.8. The van der Waals surface area contributed by atoms with Gasteiger partial charge in [-0.1, -0.05) is 146 Å². The van der Waals surface area contributed by atoms with Crippen LogP contribution in [0.25, 0.3) is 64.6 Å². The summed E-state index contributed by atoms with van der Waals surface area (Å²) in [5.41, 5.74) is 0. The van der Waals surface area contributed by atoms with E-state index in [-0.39, 0.29) is 0 Å². The first-order valence-electron chi connectivity index (χ1n) is 14.4. The molecule has 0 amide bonds. The van der Waals surface area contributed by atoms with Crippen LogP contribution in [-0.2, 0) is 0 Å². The number of fused-ring (bicyclic) bond motifs is 6. The average Bonchev–Trinajstić information content (AvgIpc) is 3.06. The molecule has 0 saturated heterocycles. The third kappa shape index (κ3) is 5.44. The molecular formula is C42H30. The minimum absolute atomic E-state index is 1.31. The van der Waals surface area contributed by atoms with Crippen LogP contribution < -0.4 is 0 Å². The lowest BCUT2D eigenvalue weighted by Crippen LogP contribution is -1.78. The summed E-state index contributed by atoms with van der Waals surface area (Å²) in [5, 5.41) is 15.7. The first kappa shape index (κ1) is 25.5. The summed E-state index contributed by atoms with van der Waals surface area (Å²) >= 11 is 0. The second kappa shape index (κ2) is 11.6. The van der Waals surface area contributed by atoms with Crippen LogP contribution >= 0.6 is 0 Å². The van der Waals surface area contributed by atoms with Gasteiger partial charge in [0.1, 0.15) is 0 Å². The van der Waals surface area contributed by atoms with Gasteiger partial charge >= 0.3 is 0 Å². The highest BCUT2D eigenvalue weighted by atomic mass is 14.0. The Bertz CT molecular complexity index is 1990. The van der Waals surface area contributed by atoms with Crippen LogP contribution in [-0.4, -0.2) is 0 Å². The van der Waals surface area contributed by atoms with Crippen LogP contribution in [0, 0.1) is 0 Å². The highest BCUT2D eigenvalue weighted by molar-refractivity contribution is 6.04. The minimum atomic E-state index is 1.31. The lowest BCUT2D eigenvalue weighted by molar-refractivity contribution is 1.75. The zero-order valence-electron chi connectivity index (χ0n) is 23.3. The third-order valence-electron chi connectivity index (χ3n) is 7.84. The van der Waals surface area contributed by atoms with Crippen molar-refractivity contribution in [3.8, 4) is 0 Å². The zero-order chi connectivity index (χ0) is 28.1. The van der Waals surface area contributed by atoms with Crippen LogP contribution in [0.2, 0.25) is 0 Å². The molecule has 0 atom stereocenters. The summed E-state index contributed by atoms with van der Waals surface area (Å²) < 4.78 is 0. The van der Waals surface area contributed by atoms with Gasteiger partial charge in [-0.05, 0) is 101 Å². The highest BCUT2D eigenvalue weighted by Crippen LogP contribution is 2.27. The molecule has 198 valence electrons. The van der Waals surface area contributed by atoms with Gasteiger partial charge in [0, 0.05) is 0 Å². The number of benzene rings is 9. The van der Waals surface area contributed by atoms with Gasteiger partial charge in [-0.15, -0.1) is 0 Å². The molecule has 0 spiro atoms. The third-order valence-corrected chi connectivity index (χ3v) is 7.84. The molecule has 0 aliphatic heterocycles. The van der Waals surface area contributed by atoms with Crippen LogP contribution in [0.15, 0.2) is 182 Å². The number of hydrogen-bond donors (Lipinski definition) is 0. The quantitative estimate of drug-likeness (QED) is 0.170. The maximum Gasteiger partial charge on any atom is -0.0171 e. The molecule has 0 N–H and O–H groups in total. The van der Waals surface area contributed by atoms with Crippen molar-refractivity contribution in [3.05, 3.63) is 182 Å². The molecular weight excluding hydrogens is 504 g/mol. The molecule has 0 aliphatic carbocycles. The largest absolute Gasteiger partial charge is 0.0616 e. The van der Waals surface area contributed by atoms with Gasteiger partial charge in [0.05, 0.1) is 0 Å². The molecule has 0 nitrogen and oxygen atoms in total. The Labute approximate surface area is 246 Å². The van der Waals surface area contributed by atoms with Crippen LogP contribution in [0.1, 0.15) is 0 Å². The van der Waals surface area contributed by atoms with E-state index >= 15 is 0 Å². The summed E-state index contributed by atoms with van der Waals surface area (Å²) in [7, 11) is 0. The molecule has 0 saturated carbocycles. The summed E-state index contributed by atoms with van der Waals surface area (Å²) in [6, 6.07) is 64.3. The zero-order valence-corrected chi connectivity index (χ0v) is 23.3. The van der Waals surface area contributed by atoms with Crippen molar-refractivity contribution in [3.63, 3.8) is 0 Å². The van der Waals surface area contributed by atoms with Crippen molar-refractivity contribution in [2.24, 2.45) is 0 Å². The Morgan fingerprint density at radius 2 is 0.286 bits per heavy atom. The van der Waals surface area contributed by atoms with Gasteiger partial charge in [-0.2, -0.15) is 0 Å². The topological polar surface area (TPSA) is 0 Å². The Kier molecular flexibility index (Phi) is 7.02. The summed E-state index contributed by atoms with van der Waals surface area (Å²) in [4.78, 5) is 0. The molecule has 0 aliphatic rings. The Morgan fingerprint density at radius 1 is 0.143 bits per heavy atom.